The average Bonchev–Trinajstić information content (AvgIpc) is 2.48. The van der Waals surface area contributed by atoms with E-state index < -0.39 is 5.91 Å². The van der Waals surface area contributed by atoms with Gasteiger partial charge in [-0.3, -0.25) is 4.79 Å². The van der Waals surface area contributed by atoms with Crippen LogP contribution in [0, 0.1) is 6.92 Å². The molecule has 0 radical (unpaired) electrons. The second-order valence-corrected chi connectivity index (χ2v) is 4.79. The first-order chi connectivity index (χ1) is 9.66. The number of aromatic nitrogens is 1. The van der Waals surface area contributed by atoms with Gasteiger partial charge in [0.1, 0.15) is 5.56 Å². The zero-order chi connectivity index (χ0) is 14.1. The van der Waals surface area contributed by atoms with Gasteiger partial charge in [0.2, 0.25) is 5.69 Å². The van der Waals surface area contributed by atoms with E-state index in [1.54, 1.807) is 12.3 Å². The number of hydrogen-bond acceptors (Lipinski definition) is 1. The van der Waals surface area contributed by atoms with Crippen molar-refractivity contribution in [2.75, 3.05) is 0 Å². The molecule has 0 bridgehead atoms. The minimum Gasteiger partial charge on any atom is -1.00 e. The fourth-order valence-electron chi connectivity index (χ4n) is 2.47. The quantitative estimate of drug-likeness (QED) is 0.635. The molecule has 3 rings (SSSR count). The molecule has 3 nitrogen and oxygen atoms in total. The van der Waals surface area contributed by atoms with Crippen molar-refractivity contribution in [3.8, 4) is 5.69 Å². The molecule has 1 amide bonds. The Balaban J connectivity index is 0.00000161. The molecule has 0 spiro atoms. The summed E-state index contributed by atoms with van der Waals surface area (Å²) in [5, 5.41) is 2.42. The summed E-state index contributed by atoms with van der Waals surface area (Å²) in [6, 6.07) is 15.9. The van der Waals surface area contributed by atoms with Crippen LogP contribution < -0.4 is 15.0 Å². The highest BCUT2D eigenvalue weighted by Crippen LogP contribution is 2.21. The molecular formula is C17H15FN2O. The first kappa shape index (κ1) is 14.7. The Morgan fingerprint density at radius 3 is 2.57 bits per heavy atom. The Morgan fingerprint density at radius 2 is 1.81 bits per heavy atom. The van der Waals surface area contributed by atoms with Gasteiger partial charge in [-0.15, -0.1) is 0 Å². The van der Waals surface area contributed by atoms with Gasteiger partial charge < -0.3 is 10.4 Å². The van der Waals surface area contributed by atoms with Crippen LogP contribution in [0.5, 0.6) is 0 Å². The van der Waals surface area contributed by atoms with Gasteiger partial charge in [-0.1, -0.05) is 24.3 Å². The topological polar surface area (TPSA) is 47.0 Å². The van der Waals surface area contributed by atoms with E-state index in [1.807, 2.05) is 29.0 Å². The van der Waals surface area contributed by atoms with Crippen LogP contribution in [0.1, 0.15) is 15.9 Å². The Labute approximate surface area is 122 Å². The van der Waals surface area contributed by atoms with Crippen molar-refractivity contribution in [1.82, 2.24) is 0 Å². The number of pyridine rings is 1. The molecule has 106 valence electrons. The molecule has 0 fully saturated rings. The predicted octanol–water partition coefficient (Wildman–Crippen LogP) is -0.472. The van der Waals surface area contributed by atoms with E-state index >= 15 is 0 Å². The maximum absolute atomic E-state index is 11.3. The van der Waals surface area contributed by atoms with Gasteiger partial charge in [0, 0.05) is 17.7 Å². The average molecular weight is 282 g/mol. The number of aryl methyl sites for hydroxylation is 1. The highest BCUT2D eigenvalue weighted by Gasteiger charge is 2.14. The molecule has 21 heavy (non-hydrogen) atoms. The van der Waals surface area contributed by atoms with Gasteiger partial charge in [-0.05, 0) is 29.8 Å². The molecular weight excluding hydrogens is 267 g/mol. The molecule has 2 aromatic carbocycles. The fraction of sp³-hybridized carbons (Fsp3) is 0.0588. The smallest absolute Gasteiger partial charge is 0.254 e. The zero-order valence-corrected chi connectivity index (χ0v) is 11.6. The van der Waals surface area contributed by atoms with Crippen molar-refractivity contribution in [3.63, 3.8) is 0 Å². The number of primary amides is 1. The van der Waals surface area contributed by atoms with Gasteiger partial charge in [-0.2, -0.15) is 4.57 Å². The Hall–Kier alpha value is -2.75. The standard InChI is InChI=1S/C17H14N2O.FH/c1-12-15-7-3-2-5-13(15)8-9-16(12)19-10-4-6-14(11-19)17(18)20;/h2-11H,1H3,(H-,18,20);1H. The van der Waals surface area contributed by atoms with Crippen molar-refractivity contribution >= 4 is 16.7 Å². The number of halogens is 1. The second-order valence-electron chi connectivity index (χ2n) is 4.79. The number of hydrogen-bond donors (Lipinski definition) is 1. The third kappa shape index (κ3) is 2.60. The number of amides is 1. The minimum atomic E-state index is -0.419. The summed E-state index contributed by atoms with van der Waals surface area (Å²) in [7, 11) is 0. The van der Waals surface area contributed by atoms with Crippen molar-refractivity contribution in [2.45, 2.75) is 6.92 Å². The maximum atomic E-state index is 11.3. The van der Waals surface area contributed by atoms with E-state index in [9.17, 15) is 4.79 Å². The first-order valence-corrected chi connectivity index (χ1v) is 6.46. The summed E-state index contributed by atoms with van der Waals surface area (Å²) in [6.07, 6.45) is 3.68. The second kappa shape index (κ2) is 5.71. The molecule has 1 heterocycles. The number of fused-ring (bicyclic) bond motifs is 1. The van der Waals surface area contributed by atoms with Gasteiger partial charge in [0.15, 0.2) is 12.4 Å². The Morgan fingerprint density at radius 1 is 1.05 bits per heavy atom. The van der Waals surface area contributed by atoms with Crippen LogP contribution in [0.25, 0.3) is 16.5 Å². The fourth-order valence-corrected chi connectivity index (χ4v) is 2.47. The van der Waals surface area contributed by atoms with E-state index in [2.05, 4.69) is 31.2 Å². The number of carbonyl (C=O) groups excluding carboxylic acids is 1. The lowest BCUT2D eigenvalue weighted by atomic mass is 10.0. The number of benzene rings is 2. The first-order valence-electron chi connectivity index (χ1n) is 6.46. The van der Waals surface area contributed by atoms with Crippen molar-refractivity contribution < 1.29 is 14.1 Å². The number of carbonyl (C=O) groups is 1. The van der Waals surface area contributed by atoms with Gasteiger partial charge >= 0.3 is 0 Å². The van der Waals surface area contributed by atoms with E-state index in [0.29, 0.717) is 5.56 Å². The number of rotatable bonds is 2. The summed E-state index contributed by atoms with van der Waals surface area (Å²) in [6.45, 7) is 2.08. The number of nitrogens with zero attached hydrogens (tertiary/aromatic N) is 1. The van der Waals surface area contributed by atoms with E-state index in [1.165, 1.54) is 16.3 Å². The summed E-state index contributed by atoms with van der Waals surface area (Å²) in [4.78, 5) is 11.3. The molecule has 0 atom stereocenters. The van der Waals surface area contributed by atoms with Gasteiger partial charge in [0.25, 0.3) is 5.91 Å². The Bertz CT molecular complexity index is 815. The van der Waals surface area contributed by atoms with Crippen molar-refractivity contribution in [2.24, 2.45) is 5.73 Å². The van der Waals surface area contributed by atoms with Crippen LogP contribution in [0.2, 0.25) is 0 Å². The van der Waals surface area contributed by atoms with Crippen LogP contribution >= 0.6 is 0 Å². The third-order valence-corrected chi connectivity index (χ3v) is 3.53. The maximum Gasteiger partial charge on any atom is 0.254 e. The number of nitrogens with two attached hydrogens (primary N) is 1. The SMILES string of the molecule is Cc1c(-[n+]2cccc(C(N)=O)c2)ccc2ccccc12.[F-]. The molecule has 3 aromatic rings. The van der Waals surface area contributed by atoms with E-state index in [0.717, 1.165) is 5.69 Å². The molecule has 4 heteroatoms. The minimum absolute atomic E-state index is 0. The predicted molar refractivity (Wildman–Crippen MR) is 78.7 cm³/mol. The molecule has 0 aliphatic rings. The summed E-state index contributed by atoms with van der Waals surface area (Å²) < 4.78 is 1.93. The molecule has 0 saturated carbocycles. The molecule has 0 aliphatic carbocycles. The monoisotopic (exact) mass is 282 g/mol. The van der Waals surface area contributed by atoms with E-state index in [4.69, 9.17) is 5.73 Å². The molecule has 0 unspecified atom stereocenters. The van der Waals surface area contributed by atoms with Crippen LogP contribution in [0.3, 0.4) is 0 Å². The highest BCUT2D eigenvalue weighted by atomic mass is 19.0. The van der Waals surface area contributed by atoms with Crippen LogP contribution in [0.15, 0.2) is 60.9 Å². The highest BCUT2D eigenvalue weighted by molar-refractivity contribution is 5.92. The van der Waals surface area contributed by atoms with Crippen LogP contribution in [-0.4, -0.2) is 5.91 Å². The van der Waals surface area contributed by atoms with Crippen LogP contribution in [0.4, 0.5) is 0 Å². The van der Waals surface area contributed by atoms with E-state index in [-0.39, 0.29) is 4.70 Å². The largest absolute Gasteiger partial charge is 1.00 e. The molecule has 2 N–H and O–H groups in total. The Kier molecular flexibility index (Phi) is 3.98. The zero-order valence-electron chi connectivity index (χ0n) is 11.6. The normalized spacial score (nSPS) is 10.1. The van der Waals surface area contributed by atoms with Crippen molar-refractivity contribution in [3.05, 3.63) is 72.1 Å². The molecule has 1 aromatic heterocycles. The lowest BCUT2D eigenvalue weighted by Crippen LogP contribution is -3.00. The lowest BCUT2D eigenvalue weighted by molar-refractivity contribution is -0.596. The molecule has 0 saturated heterocycles. The summed E-state index contributed by atoms with van der Waals surface area (Å²) in [5.74, 6) is -0.419. The van der Waals surface area contributed by atoms with Gasteiger partial charge in [0.05, 0.1) is 0 Å². The van der Waals surface area contributed by atoms with Crippen molar-refractivity contribution in [1.29, 1.82) is 0 Å². The van der Waals surface area contributed by atoms with Gasteiger partial charge in [-0.25, -0.2) is 0 Å². The third-order valence-electron chi connectivity index (χ3n) is 3.53. The van der Waals surface area contributed by atoms with Crippen LogP contribution in [-0.2, 0) is 0 Å². The summed E-state index contributed by atoms with van der Waals surface area (Å²) >= 11 is 0. The lowest BCUT2D eigenvalue weighted by Gasteiger charge is -2.05. The molecule has 0 aliphatic heterocycles. The summed E-state index contributed by atoms with van der Waals surface area (Å²) in [5.41, 5.74) is 8.06.